The molecule has 1 fully saturated rings. The van der Waals surface area contributed by atoms with Crippen molar-refractivity contribution < 1.29 is 23.5 Å². The zero-order valence-corrected chi connectivity index (χ0v) is 21.3. The summed E-state index contributed by atoms with van der Waals surface area (Å²) < 4.78 is 24.9. The molecule has 0 unspecified atom stereocenters. The lowest BCUT2D eigenvalue weighted by molar-refractivity contribution is -0.140. The molecule has 1 saturated heterocycles. The van der Waals surface area contributed by atoms with E-state index in [1.807, 2.05) is 41.5 Å². The Kier molecular flexibility index (Phi) is 7.57. The predicted molar refractivity (Wildman–Crippen MR) is 139 cm³/mol. The van der Waals surface area contributed by atoms with E-state index in [-0.39, 0.29) is 31.2 Å². The van der Waals surface area contributed by atoms with Crippen molar-refractivity contribution in [2.75, 3.05) is 37.9 Å². The number of hydrogen-bond acceptors (Lipinski definition) is 7. The Morgan fingerprint density at radius 2 is 1.78 bits per heavy atom. The second kappa shape index (κ2) is 11.2. The van der Waals surface area contributed by atoms with Crippen LogP contribution in [0.4, 0.5) is 10.1 Å². The number of anilines is 1. The van der Waals surface area contributed by atoms with E-state index in [1.54, 1.807) is 35.6 Å². The van der Waals surface area contributed by atoms with Crippen LogP contribution in [0.15, 0.2) is 60.0 Å². The van der Waals surface area contributed by atoms with Gasteiger partial charge in [0.1, 0.15) is 5.82 Å². The van der Waals surface area contributed by atoms with Gasteiger partial charge in [-0.1, -0.05) is 24.3 Å². The highest BCUT2D eigenvalue weighted by Gasteiger charge is 2.32. The smallest absolute Gasteiger partial charge is 0.309 e. The van der Waals surface area contributed by atoms with Crippen LogP contribution in [0.1, 0.15) is 23.4 Å². The standard InChI is InChI=1S/C27H29FN4O4S/c1-18(30-27(34)26(33)29-16-19-8-9-22-23(15-19)36-17-35-22)25(24-7-4-14-37-24)32-12-10-31(11-13-32)21-6-3-2-5-20(21)28/h2-9,14-15,18,25H,10-13,16-17H2,1H3,(H,29,33)(H,30,34)/t18-,25-/m1/s1. The molecule has 5 rings (SSSR count). The summed E-state index contributed by atoms with van der Waals surface area (Å²) in [5.74, 6) is -0.313. The number of nitrogens with one attached hydrogen (secondary N) is 2. The van der Waals surface area contributed by atoms with Crippen molar-refractivity contribution in [2.45, 2.75) is 25.6 Å². The first kappa shape index (κ1) is 25.0. The van der Waals surface area contributed by atoms with Crippen LogP contribution in [-0.4, -0.2) is 55.7 Å². The summed E-state index contributed by atoms with van der Waals surface area (Å²) in [6.07, 6.45) is 0. The van der Waals surface area contributed by atoms with E-state index in [1.165, 1.54) is 6.07 Å². The number of para-hydroxylation sites is 1. The van der Waals surface area contributed by atoms with Crippen molar-refractivity contribution in [3.8, 4) is 11.5 Å². The highest BCUT2D eigenvalue weighted by molar-refractivity contribution is 7.10. The average Bonchev–Trinajstić information content (AvgIpc) is 3.60. The van der Waals surface area contributed by atoms with Gasteiger partial charge in [-0.2, -0.15) is 0 Å². The molecule has 2 aromatic carbocycles. The third kappa shape index (κ3) is 5.70. The van der Waals surface area contributed by atoms with E-state index in [0.29, 0.717) is 43.4 Å². The zero-order valence-electron chi connectivity index (χ0n) is 20.5. The largest absolute Gasteiger partial charge is 0.454 e. The average molecular weight is 525 g/mol. The van der Waals surface area contributed by atoms with Crippen molar-refractivity contribution >= 4 is 28.8 Å². The summed E-state index contributed by atoms with van der Waals surface area (Å²) in [4.78, 5) is 30.8. The maximum absolute atomic E-state index is 14.3. The Balaban J connectivity index is 1.19. The van der Waals surface area contributed by atoms with Crippen LogP contribution < -0.4 is 25.0 Å². The molecule has 3 heterocycles. The van der Waals surface area contributed by atoms with Gasteiger partial charge in [0.25, 0.3) is 0 Å². The summed E-state index contributed by atoms with van der Waals surface area (Å²) in [6, 6.07) is 15.8. The molecular formula is C27H29FN4O4S. The maximum atomic E-state index is 14.3. The van der Waals surface area contributed by atoms with Gasteiger partial charge in [-0.25, -0.2) is 4.39 Å². The van der Waals surface area contributed by atoms with Crippen molar-refractivity contribution in [3.63, 3.8) is 0 Å². The van der Waals surface area contributed by atoms with Gasteiger partial charge in [-0.3, -0.25) is 14.5 Å². The van der Waals surface area contributed by atoms with Crippen molar-refractivity contribution in [2.24, 2.45) is 0 Å². The van der Waals surface area contributed by atoms with Gasteiger partial charge in [-0.05, 0) is 48.2 Å². The molecule has 0 spiro atoms. The lowest BCUT2D eigenvalue weighted by Crippen LogP contribution is -2.53. The molecule has 10 heteroatoms. The second-order valence-corrected chi connectivity index (χ2v) is 10.0. The minimum absolute atomic E-state index is 0.103. The normalized spacial score (nSPS) is 16.8. The molecule has 2 amide bonds. The predicted octanol–water partition coefficient (Wildman–Crippen LogP) is 3.30. The Morgan fingerprint density at radius 1 is 1.00 bits per heavy atom. The summed E-state index contributed by atoms with van der Waals surface area (Å²) in [7, 11) is 0. The highest BCUT2D eigenvalue weighted by atomic mass is 32.1. The third-order valence-electron chi connectivity index (χ3n) is 6.66. The number of piperazine rings is 1. The molecule has 2 atom stereocenters. The van der Waals surface area contributed by atoms with Crippen molar-refractivity contribution in [1.82, 2.24) is 15.5 Å². The number of thiophene rings is 1. The number of benzene rings is 2. The van der Waals surface area contributed by atoms with E-state index in [2.05, 4.69) is 15.5 Å². The fraction of sp³-hybridized carbons (Fsp3) is 0.333. The quantitative estimate of drug-likeness (QED) is 0.462. The highest BCUT2D eigenvalue weighted by Crippen LogP contribution is 2.33. The van der Waals surface area contributed by atoms with Crippen LogP contribution in [0, 0.1) is 5.82 Å². The first-order chi connectivity index (χ1) is 18.0. The number of carbonyl (C=O) groups excluding carboxylic acids is 2. The number of hydrogen-bond donors (Lipinski definition) is 2. The number of fused-ring (bicyclic) bond motifs is 1. The molecule has 37 heavy (non-hydrogen) atoms. The molecule has 8 nitrogen and oxygen atoms in total. The first-order valence-corrected chi connectivity index (χ1v) is 13.1. The number of amides is 2. The molecule has 2 aliphatic rings. The van der Waals surface area contributed by atoms with Gasteiger partial charge in [-0.15, -0.1) is 11.3 Å². The van der Waals surface area contributed by atoms with E-state index in [0.717, 1.165) is 10.4 Å². The van der Waals surface area contributed by atoms with E-state index < -0.39 is 11.8 Å². The number of nitrogens with zero attached hydrogens (tertiary/aromatic N) is 2. The van der Waals surface area contributed by atoms with Crippen molar-refractivity contribution in [1.29, 1.82) is 0 Å². The second-order valence-electron chi connectivity index (χ2n) is 9.07. The monoisotopic (exact) mass is 524 g/mol. The van der Waals surface area contributed by atoms with Crippen LogP contribution in [-0.2, 0) is 16.1 Å². The van der Waals surface area contributed by atoms with E-state index in [4.69, 9.17) is 9.47 Å². The molecular weight excluding hydrogens is 495 g/mol. The summed E-state index contributed by atoms with van der Waals surface area (Å²) in [5.41, 5.74) is 1.41. The van der Waals surface area contributed by atoms with Crippen molar-refractivity contribution in [3.05, 3.63) is 76.2 Å². The van der Waals surface area contributed by atoms with Gasteiger partial charge < -0.3 is 25.0 Å². The lowest BCUT2D eigenvalue weighted by atomic mass is 10.0. The van der Waals surface area contributed by atoms with Crippen LogP contribution in [0.2, 0.25) is 0 Å². The molecule has 1 aromatic heterocycles. The fourth-order valence-electron chi connectivity index (χ4n) is 4.82. The number of carbonyl (C=O) groups is 2. The van der Waals surface area contributed by atoms with Gasteiger partial charge in [0.2, 0.25) is 6.79 Å². The number of ether oxygens (including phenoxy) is 2. The molecule has 3 aromatic rings. The Labute approximate surface area is 219 Å². The van der Waals surface area contributed by atoms with Crippen LogP contribution >= 0.6 is 11.3 Å². The zero-order chi connectivity index (χ0) is 25.8. The molecule has 2 N–H and O–H groups in total. The van der Waals surface area contributed by atoms with Crippen LogP contribution in [0.5, 0.6) is 11.5 Å². The first-order valence-electron chi connectivity index (χ1n) is 12.2. The molecule has 0 saturated carbocycles. The molecule has 0 aliphatic carbocycles. The van der Waals surface area contributed by atoms with Gasteiger partial charge in [0, 0.05) is 43.6 Å². The Hall–Kier alpha value is -3.63. The molecule has 194 valence electrons. The fourth-order valence-corrected chi connectivity index (χ4v) is 5.78. The van der Waals surface area contributed by atoms with E-state index in [9.17, 15) is 14.0 Å². The van der Waals surface area contributed by atoms with Gasteiger partial charge in [0.15, 0.2) is 11.5 Å². The Morgan fingerprint density at radius 3 is 2.54 bits per heavy atom. The molecule has 2 aliphatic heterocycles. The summed E-state index contributed by atoms with van der Waals surface area (Å²) in [6.45, 7) is 5.02. The SMILES string of the molecule is C[C@@H](NC(=O)C(=O)NCc1ccc2c(c1)OCO2)[C@H](c1cccs1)N1CCN(c2ccccc2F)CC1. The Bertz CT molecular complexity index is 1250. The topological polar surface area (TPSA) is 83.1 Å². The summed E-state index contributed by atoms with van der Waals surface area (Å²) in [5, 5.41) is 7.57. The maximum Gasteiger partial charge on any atom is 0.309 e. The minimum Gasteiger partial charge on any atom is -0.454 e. The lowest BCUT2D eigenvalue weighted by Gasteiger charge is -2.42. The minimum atomic E-state index is -0.696. The third-order valence-corrected chi connectivity index (χ3v) is 7.61. The summed E-state index contributed by atoms with van der Waals surface area (Å²) >= 11 is 1.62. The van der Waals surface area contributed by atoms with E-state index >= 15 is 0 Å². The molecule has 0 bridgehead atoms. The van der Waals surface area contributed by atoms with Crippen LogP contribution in [0.3, 0.4) is 0 Å². The molecule has 0 radical (unpaired) electrons. The van der Waals surface area contributed by atoms with Gasteiger partial charge in [0.05, 0.1) is 11.7 Å². The van der Waals surface area contributed by atoms with Gasteiger partial charge >= 0.3 is 11.8 Å². The number of halogens is 1. The number of rotatable bonds is 7. The van der Waals surface area contributed by atoms with Crippen LogP contribution in [0.25, 0.3) is 0 Å².